The average Bonchev–Trinajstić information content (AvgIpc) is 2.47. The van der Waals surface area contributed by atoms with Crippen LogP contribution in [0.1, 0.15) is 16.8 Å². The topological polar surface area (TPSA) is 72.3 Å². The fraction of sp³-hybridized carbons (Fsp3) is 0.533. The van der Waals surface area contributed by atoms with Crippen molar-refractivity contribution in [3.05, 3.63) is 22.9 Å². The second-order valence-corrected chi connectivity index (χ2v) is 5.38. The van der Waals surface area contributed by atoms with Crippen LogP contribution in [0.15, 0.2) is 6.07 Å². The molecule has 0 bridgehead atoms. The molecule has 1 aliphatic heterocycles. The van der Waals surface area contributed by atoms with Crippen LogP contribution in [0.3, 0.4) is 0 Å². The summed E-state index contributed by atoms with van der Waals surface area (Å²) in [5.74, 6) is 0.655. The number of aryl methyl sites for hydroxylation is 2. The minimum Gasteiger partial charge on any atom is -0.349 e. The number of amides is 1. The van der Waals surface area contributed by atoms with Crippen LogP contribution in [-0.2, 0) is 4.79 Å². The van der Waals surface area contributed by atoms with E-state index in [1.54, 1.807) is 4.90 Å². The predicted molar refractivity (Wildman–Crippen MR) is 81.1 cm³/mol. The number of aromatic nitrogens is 1. The molecule has 1 aromatic heterocycles. The van der Waals surface area contributed by atoms with Crippen molar-refractivity contribution in [2.45, 2.75) is 13.8 Å². The highest BCUT2D eigenvalue weighted by Crippen LogP contribution is 2.20. The SMILES string of the molecule is Cc1cc(C)c(C#N)c(N(C)CC(=O)N2CCNCC2)n1. The molecule has 1 N–H and O–H groups in total. The molecule has 0 unspecified atom stereocenters. The molecule has 0 spiro atoms. The second-order valence-electron chi connectivity index (χ2n) is 5.38. The Bertz CT molecular complexity index is 572. The van der Waals surface area contributed by atoms with E-state index in [0.29, 0.717) is 11.4 Å². The Morgan fingerprint density at radius 1 is 1.48 bits per heavy atom. The minimum absolute atomic E-state index is 0.0730. The average molecular weight is 287 g/mol. The van der Waals surface area contributed by atoms with Gasteiger partial charge in [-0.1, -0.05) is 0 Å². The van der Waals surface area contributed by atoms with E-state index in [9.17, 15) is 10.1 Å². The quantitative estimate of drug-likeness (QED) is 0.873. The summed E-state index contributed by atoms with van der Waals surface area (Å²) in [5, 5.41) is 12.5. The normalized spacial score (nSPS) is 14.7. The fourth-order valence-electron chi connectivity index (χ4n) is 2.52. The zero-order valence-corrected chi connectivity index (χ0v) is 12.8. The van der Waals surface area contributed by atoms with Gasteiger partial charge in [-0.15, -0.1) is 0 Å². The maximum Gasteiger partial charge on any atom is 0.242 e. The number of likely N-dealkylation sites (N-methyl/N-ethyl adjacent to an activating group) is 1. The first-order chi connectivity index (χ1) is 10.0. The Hall–Kier alpha value is -2.13. The molecule has 112 valence electrons. The van der Waals surface area contributed by atoms with Gasteiger partial charge in [-0.3, -0.25) is 4.79 Å². The summed E-state index contributed by atoms with van der Waals surface area (Å²) in [4.78, 5) is 20.3. The van der Waals surface area contributed by atoms with Gasteiger partial charge >= 0.3 is 0 Å². The molecule has 1 saturated heterocycles. The molecular formula is C15H21N5O. The number of carbonyl (C=O) groups excluding carboxylic acids is 1. The number of nitrogens with zero attached hydrogens (tertiary/aromatic N) is 4. The van der Waals surface area contributed by atoms with Crippen LogP contribution in [0.4, 0.5) is 5.82 Å². The Balaban J connectivity index is 2.15. The first-order valence-electron chi connectivity index (χ1n) is 7.11. The molecule has 1 aliphatic rings. The molecule has 21 heavy (non-hydrogen) atoms. The smallest absolute Gasteiger partial charge is 0.242 e. The number of nitrogens with one attached hydrogen (secondary N) is 1. The molecule has 2 heterocycles. The molecule has 0 atom stereocenters. The van der Waals surface area contributed by atoms with Crippen LogP contribution in [0.25, 0.3) is 0 Å². The van der Waals surface area contributed by atoms with E-state index < -0.39 is 0 Å². The molecule has 0 aromatic carbocycles. The van der Waals surface area contributed by atoms with E-state index in [0.717, 1.165) is 37.4 Å². The van der Waals surface area contributed by atoms with Crippen LogP contribution in [0.5, 0.6) is 0 Å². The van der Waals surface area contributed by atoms with Crippen LogP contribution in [-0.4, -0.2) is 55.6 Å². The number of hydrogen-bond acceptors (Lipinski definition) is 5. The molecule has 2 rings (SSSR count). The lowest BCUT2D eigenvalue weighted by molar-refractivity contribution is -0.130. The minimum atomic E-state index is 0.0730. The van der Waals surface area contributed by atoms with E-state index in [-0.39, 0.29) is 12.5 Å². The number of carbonyl (C=O) groups is 1. The van der Waals surface area contributed by atoms with Crippen LogP contribution in [0, 0.1) is 25.2 Å². The standard InChI is InChI=1S/C15H21N5O/c1-11-8-12(2)18-15(13(11)9-16)19(3)10-14(21)20-6-4-17-5-7-20/h8,17H,4-7,10H2,1-3H3. The number of anilines is 1. The highest BCUT2D eigenvalue weighted by molar-refractivity contribution is 5.81. The first-order valence-corrected chi connectivity index (χ1v) is 7.11. The summed E-state index contributed by atoms with van der Waals surface area (Å²) in [7, 11) is 1.81. The zero-order valence-electron chi connectivity index (χ0n) is 12.8. The highest BCUT2D eigenvalue weighted by Gasteiger charge is 2.20. The van der Waals surface area contributed by atoms with Gasteiger partial charge in [0.1, 0.15) is 11.9 Å². The Labute approximate surface area is 125 Å². The number of piperazine rings is 1. The number of nitriles is 1. The maximum atomic E-state index is 12.3. The summed E-state index contributed by atoms with van der Waals surface area (Å²) in [6.07, 6.45) is 0. The molecule has 1 amide bonds. The van der Waals surface area contributed by atoms with Gasteiger partial charge in [0.25, 0.3) is 0 Å². The lowest BCUT2D eigenvalue weighted by atomic mass is 10.1. The van der Waals surface area contributed by atoms with Gasteiger partial charge in [-0.2, -0.15) is 5.26 Å². The van der Waals surface area contributed by atoms with Gasteiger partial charge in [0.2, 0.25) is 5.91 Å². The molecule has 0 radical (unpaired) electrons. The van der Waals surface area contributed by atoms with Gasteiger partial charge in [0.15, 0.2) is 0 Å². The van der Waals surface area contributed by atoms with Gasteiger partial charge in [-0.05, 0) is 25.5 Å². The summed E-state index contributed by atoms with van der Waals surface area (Å²) >= 11 is 0. The Kier molecular flexibility index (Phi) is 4.76. The van der Waals surface area contributed by atoms with Crippen molar-refractivity contribution in [2.75, 3.05) is 44.7 Å². The van der Waals surface area contributed by atoms with E-state index in [1.165, 1.54) is 0 Å². The fourth-order valence-corrected chi connectivity index (χ4v) is 2.52. The monoisotopic (exact) mass is 287 g/mol. The van der Waals surface area contributed by atoms with Crippen molar-refractivity contribution >= 4 is 11.7 Å². The van der Waals surface area contributed by atoms with Crippen LogP contribution >= 0.6 is 0 Å². The zero-order chi connectivity index (χ0) is 15.4. The van der Waals surface area contributed by atoms with Crippen molar-refractivity contribution < 1.29 is 4.79 Å². The van der Waals surface area contributed by atoms with Gasteiger partial charge in [0.05, 0.1) is 12.1 Å². The molecular weight excluding hydrogens is 266 g/mol. The van der Waals surface area contributed by atoms with Crippen molar-refractivity contribution in [1.82, 2.24) is 15.2 Å². The van der Waals surface area contributed by atoms with Crippen LogP contribution in [0.2, 0.25) is 0 Å². The third kappa shape index (κ3) is 3.50. The Morgan fingerprint density at radius 2 is 2.14 bits per heavy atom. The lowest BCUT2D eigenvalue weighted by Gasteiger charge is -2.29. The number of hydrogen-bond donors (Lipinski definition) is 1. The predicted octanol–water partition coefficient (Wildman–Crippen LogP) is 0.438. The van der Waals surface area contributed by atoms with E-state index in [1.807, 2.05) is 31.9 Å². The van der Waals surface area contributed by atoms with E-state index >= 15 is 0 Å². The molecule has 0 aliphatic carbocycles. The Morgan fingerprint density at radius 3 is 2.76 bits per heavy atom. The summed E-state index contributed by atoms with van der Waals surface area (Å²) < 4.78 is 0. The summed E-state index contributed by atoms with van der Waals surface area (Å²) in [5.41, 5.74) is 2.28. The molecule has 1 aromatic rings. The number of pyridine rings is 1. The van der Waals surface area contributed by atoms with Gasteiger partial charge in [0, 0.05) is 38.9 Å². The third-order valence-corrected chi connectivity index (χ3v) is 3.64. The third-order valence-electron chi connectivity index (χ3n) is 3.64. The molecule has 6 nitrogen and oxygen atoms in total. The maximum absolute atomic E-state index is 12.3. The number of rotatable bonds is 3. The molecule has 6 heteroatoms. The lowest BCUT2D eigenvalue weighted by Crippen LogP contribution is -2.49. The summed E-state index contributed by atoms with van der Waals surface area (Å²) in [6.45, 7) is 7.16. The van der Waals surface area contributed by atoms with Crippen molar-refractivity contribution in [2.24, 2.45) is 0 Å². The largest absolute Gasteiger partial charge is 0.349 e. The van der Waals surface area contributed by atoms with Crippen molar-refractivity contribution in [3.63, 3.8) is 0 Å². The van der Waals surface area contributed by atoms with Crippen LogP contribution < -0.4 is 10.2 Å². The highest BCUT2D eigenvalue weighted by atomic mass is 16.2. The summed E-state index contributed by atoms with van der Waals surface area (Å²) in [6, 6.07) is 4.07. The van der Waals surface area contributed by atoms with Gasteiger partial charge in [-0.25, -0.2) is 4.98 Å². The van der Waals surface area contributed by atoms with Gasteiger partial charge < -0.3 is 15.1 Å². The molecule has 1 fully saturated rings. The van der Waals surface area contributed by atoms with Crippen molar-refractivity contribution in [3.8, 4) is 6.07 Å². The molecule has 0 saturated carbocycles. The van der Waals surface area contributed by atoms with E-state index in [4.69, 9.17) is 0 Å². The second kappa shape index (κ2) is 6.55. The van der Waals surface area contributed by atoms with E-state index in [2.05, 4.69) is 16.4 Å². The first kappa shape index (κ1) is 15.3. The van der Waals surface area contributed by atoms with Crippen molar-refractivity contribution in [1.29, 1.82) is 5.26 Å².